The van der Waals surface area contributed by atoms with Crippen LogP contribution in [0.1, 0.15) is 18.3 Å². The second-order valence-corrected chi connectivity index (χ2v) is 3.64. The lowest BCUT2D eigenvalue weighted by molar-refractivity contribution is 0.948. The minimum atomic E-state index is 0.512. The number of pyridine rings is 1. The first-order valence-electron chi connectivity index (χ1n) is 5.25. The molecule has 4 nitrogen and oxygen atoms in total. The van der Waals surface area contributed by atoms with E-state index in [0.717, 1.165) is 29.1 Å². The molecule has 2 heterocycles. The number of aryl methyl sites for hydroxylation is 2. The lowest BCUT2D eigenvalue weighted by Gasteiger charge is -2.06. The minimum absolute atomic E-state index is 0.512. The van der Waals surface area contributed by atoms with E-state index in [1.165, 1.54) is 0 Å². The predicted octanol–water partition coefficient (Wildman–Crippen LogP) is 1.99. The van der Waals surface area contributed by atoms with Gasteiger partial charge in [0.1, 0.15) is 11.6 Å². The summed E-state index contributed by atoms with van der Waals surface area (Å²) < 4.78 is 0. The van der Waals surface area contributed by atoms with E-state index in [2.05, 4.69) is 15.0 Å². The highest BCUT2D eigenvalue weighted by Crippen LogP contribution is 2.21. The van der Waals surface area contributed by atoms with E-state index in [-0.39, 0.29) is 0 Å². The van der Waals surface area contributed by atoms with Crippen LogP contribution >= 0.6 is 0 Å². The van der Waals surface area contributed by atoms with Crippen molar-refractivity contribution in [3.8, 4) is 11.3 Å². The van der Waals surface area contributed by atoms with Gasteiger partial charge in [0.2, 0.25) is 0 Å². The second kappa shape index (κ2) is 4.26. The van der Waals surface area contributed by atoms with Gasteiger partial charge < -0.3 is 5.73 Å². The minimum Gasteiger partial charge on any atom is -0.384 e. The zero-order chi connectivity index (χ0) is 11.5. The van der Waals surface area contributed by atoms with E-state index in [1.54, 1.807) is 12.3 Å². The Kier molecular flexibility index (Phi) is 2.81. The van der Waals surface area contributed by atoms with Crippen molar-refractivity contribution in [1.82, 2.24) is 15.0 Å². The number of rotatable bonds is 2. The third-order valence-corrected chi connectivity index (χ3v) is 2.40. The smallest absolute Gasteiger partial charge is 0.131 e. The Hall–Kier alpha value is -1.97. The van der Waals surface area contributed by atoms with Gasteiger partial charge in [-0.2, -0.15) is 0 Å². The predicted molar refractivity (Wildman–Crippen MR) is 63.8 cm³/mol. The molecule has 0 aliphatic carbocycles. The molecule has 0 amide bonds. The Bertz CT molecular complexity index is 508. The standard InChI is InChI=1S/C12H14N4/c1-3-12-15-10(6-11(13)16-12)9-4-5-14-7-8(9)2/h4-7H,3H2,1-2H3,(H2,13,15,16). The monoisotopic (exact) mass is 214 g/mol. The highest BCUT2D eigenvalue weighted by atomic mass is 14.9. The first-order valence-corrected chi connectivity index (χ1v) is 5.25. The number of hydrogen-bond acceptors (Lipinski definition) is 4. The van der Waals surface area contributed by atoms with Crippen LogP contribution in [0.5, 0.6) is 0 Å². The van der Waals surface area contributed by atoms with Gasteiger partial charge in [0, 0.05) is 30.4 Å². The SMILES string of the molecule is CCc1nc(N)cc(-c2ccncc2C)n1. The summed E-state index contributed by atoms with van der Waals surface area (Å²) in [6.45, 7) is 4.02. The maximum absolute atomic E-state index is 5.76. The molecule has 0 unspecified atom stereocenters. The quantitative estimate of drug-likeness (QED) is 0.830. The normalized spacial score (nSPS) is 10.4. The molecule has 16 heavy (non-hydrogen) atoms. The maximum Gasteiger partial charge on any atom is 0.131 e. The van der Waals surface area contributed by atoms with Crippen molar-refractivity contribution in [1.29, 1.82) is 0 Å². The van der Waals surface area contributed by atoms with Crippen LogP contribution in [-0.4, -0.2) is 15.0 Å². The van der Waals surface area contributed by atoms with Gasteiger partial charge in [-0.15, -0.1) is 0 Å². The topological polar surface area (TPSA) is 64.7 Å². The molecule has 0 fully saturated rings. The van der Waals surface area contributed by atoms with Crippen molar-refractivity contribution in [3.63, 3.8) is 0 Å². The fourth-order valence-electron chi connectivity index (χ4n) is 1.57. The maximum atomic E-state index is 5.76. The van der Waals surface area contributed by atoms with Gasteiger partial charge in [0.05, 0.1) is 5.69 Å². The van der Waals surface area contributed by atoms with Gasteiger partial charge in [-0.3, -0.25) is 4.98 Å². The Morgan fingerprint density at radius 1 is 1.31 bits per heavy atom. The fraction of sp³-hybridized carbons (Fsp3) is 0.250. The van der Waals surface area contributed by atoms with Gasteiger partial charge in [-0.05, 0) is 18.6 Å². The zero-order valence-corrected chi connectivity index (χ0v) is 9.44. The molecular weight excluding hydrogens is 200 g/mol. The van der Waals surface area contributed by atoms with Gasteiger partial charge in [-0.25, -0.2) is 9.97 Å². The van der Waals surface area contributed by atoms with Crippen LogP contribution in [-0.2, 0) is 6.42 Å². The molecule has 0 aliphatic heterocycles. The first kappa shape index (κ1) is 10.5. The third-order valence-electron chi connectivity index (χ3n) is 2.40. The van der Waals surface area contributed by atoms with E-state index >= 15 is 0 Å². The van der Waals surface area contributed by atoms with Crippen molar-refractivity contribution in [2.45, 2.75) is 20.3 Å². The Labute approximate surface area is 94.6 Å². The molecule has 2 N–H and O–H groups in total. The summed E-state index contributed by atoms with van der Waals surface area (Å²) in [6.07, 6.45) is 4.35. The van der Waals surface area contributed by atoms with Crippen molar-refractivity contribution < 1.29 is 0 Å². The molecule has 4 heteroatoms. The molecule has 0 atom stereocenters. The number of nitrogens with two attached hydrogens (primary N) is 1. The van der Waals surface area contributed by atoms with E-state index < -0.39 is 0 Å². The summed E-state index contributed by atoms with van der Waals surface area (Å²) in [5.74, 6) is 1.28. The van der Waals surface area contributed by atoms with Crippen LogP contribution in [0, 0.1) is 6.92 Å². The summed E-state index contributed by atoms with van der Waals surface area (Å²) in [7, 11) is 0. The van der Waals surface area contributed by atoms with Crippen molar-refractivity contribution in [3.05, 3.63) is 35.9 Å². The van der Waals surface area contributed by atoms with E-state index in [9.17, 15) is 0 Å². The molecule has 82 valence electrons. The number of nitrogen functional groups attached to an aromatic ring is 1. The second-order valence-electron chi connectivity index (χ2n) is 3.64. The average Bonchev–Trinajstić information content (AvgIpc) is 2.28. The molecule has 0 saturated heterocycles. The van der Waals surface area contributed by atoms with Gasteiger partial charge in [0.15, 0.2) is 0 Å². The summed E-state index contributed by atoms with van der Waals surface area (Å²) >= 11 is 0. The van der Waals surface area contributed by atoms with Crippen LogP contribution < -0.4 is 5.73 Å². The first-order chi connectivity index (χ1) is 7.70. The van der Waals surface area contributed by atoms with E-state index in [4.69, 9.17) is 5.73 Å². The van der Waals surface area contributed by atoms with Crippen LogP contribution in [0.4, 0.5) is 5.82 Å². The van der Waals surface area contributed by atoms with Crippen LogP contribution in [0.2, 0.25) is 0 Å². The number of hydrogen-bond donors (Lipinski definition) is 1. The fourth-order valence-corrected chi connectivity index (χ4v) is 1.57. The third kappa shape index (κ3) is 2.00. The Morgan fingerprint density at radius 3 is 2.81 bits per heavy atom. The van der Waals surface area contributed by atoms with Crippen molar-refractivity contribution in [2.24, 2.45) is 0 Å². The van der Waals surface area contributed by atoms with E-state index in [1.807, 2.05) is 26.1 Å². The molecule has 2 rings (SSSR count). The summed E-state index contributed by atoms with van der Waals surface area (Å²) in [5.41, 5.74) is 8.76. The summed E-state index contributed by atoms with van der Waals surface area (Å²) in [5, 5.41) is 0. The van der Waals surface area contributed by atoms with Crippen molar-refractivity contribution >= 4 is 5.82 Å². The van der Waals surface area contributed by atoms with E-state index in [0.29, 0.717) is 5.82 Å². The molecule has 2 aromatic rings. The molecule has 0 aliphatic rings. The highest BCUT2D eigenvalue weighted by molar-refractivity contribution is 5.64. The largest absolute Gasteiger partial charge is 0.384 e. The Morgan fingerprint density at radius 2 is 2.12 bits per heavy atom. The number of anilines is 1. The van der Waals surface area contributed by atoms with Crippen LogP contribution in [0.3, 0.4) is 0 Å². The highest BCUT2D eigenvalue weighted by Gasteiger charge is 2.06. The van der Waals surface area contributed by atoms with Crippen molar-refractivity contribution in [2.75, 3.05) is 5.73 Å². The summed E-state index contributed by atoms with van der Waals surface area (Å²) in [6, 6.07) is 3.73. The average molecular weight is 214 g/mol. The Balaban J connectivity index is 2.56. The van der Waals surface area contributed by atoms with Crippen LogP contribution in [0.25, 0.3) is 11.3 Å². The van der Waals surface area contributed by atoms with Gasteiger partial charge >= 0.3 is 0 Å². The molecule has 0 bridgehead atoms. The van der Waals surface area contributed by atoms with Gasteiger partial charge in [0.25, 0.3) is 0 Å². The lowest BCUT2D eigenvalue weighted by atomic mass is 10.1. The van der Waals surface area contributed by atoms with Crippen LogP contribution in [0.15, 0.2) is 24.5 Å². The summed E-state index contributed by atoms with van der Waals surface area (Å²) in [4.78, 5) is 12.7. The molecule has 0 saturated carbocycles. The molecule has 0 spiro atoms. The van der Waals surface area contributed by atoms with Gasteiger partial charge in [-0.1, -0.05) is 6.92 Å². The zero-order valence-electron chi connectivity index (χ0n) is 9.44. The number of aromatic nitrogens is 3. The molecule has 2 aromatic heterocycles. The molecule has 0 aromatic carbocycles. The lowest BCUT2D eigenvalue weighted by Crippen LogP contribution is -2.00. The number of nitrogens with zero attached hydrogens (tertiary/aromatic N) is 3. The molecular formula is C12H14N4. The molecule has 0 radical (unpaired) electrons.